The SMILES string of the molecule is CC1CN(S(=O)(=O)c2ccc(OCCCO)cc2)CC1C. The summed E-state index contributed by atoms with van der Waals surface area (Å²) in [5, 5.41) is 8.69. The average Bonchev–Trinajstić information content (AvgIpc) is 2.80. The highest BCUT2D eigenvalue weighted by molar-refractivity contribution is 7.89. The molecule has 21 heavy (non-hydrogen) atoms. The molecule has 6 heteroatoms. The van der Waals surface area contributed by atoms with E-state index in [0.717, 1.165) is 0 Å². The van der Waals surface area contributed by atoms with Crippen LogP contribution in [0.15, 0.2) is 29.2 Å². The summed E-state index contributed by atoms with van der Waals surface area (Å²) in [5.74, 6) is 1.40. The maximum absolute atomic E-state index is 12.5. The van der Waals surface area contributed by atoms with E-state index in [9.17, 15) is 8.42 Å². The molecule has 2 atom stereocenters. The molecule has 1 aliphatic heterocycles. The van der Waals surface area contributed by atoms with Gasteiger partial charge < -0.3 is 9.84 Å². The summed E-state index contributed by atoms with van der Waals surface area (Å²) in [6.07, 6.45) is 0.559. The van der Waals surface area contributed by atoms with Crippen LogP contribution in [0.25, 0.3) is 0 Å². The van der Waals surface area contributed by atoms with Crippen LogP contribution < -0.4 is 4.74 Å². The van der Waals surface area contributed by atoms with Gasteiger partial charge in [0.15, 0.2) is 0 Å². The van der Waals surface area contributed by atoms with E-state index >= 15 is 0 Å². The number of sulfonamides is 1. The van der Waals surface area contributed by atoms with Gasteiger partial charge in [0, 0.05) is 26.1 Å². The molecule has 0 aromatic heterocycles. The zero-order valence-electron chi connectivity index (χ0n) is 12.5. The van der Waals surface area contributed by atoms with Crippen molar-refractivity contribution in [1.29, 1.82) is 0 Å². The van der Waals surface area contributed by atoms with Gasteiger partial charge >= 0.3 is 0 Å². The van der Waals surface area contributed by atoms with Crippen LogP contribution >= 0.6 is 0 Å². The molecule has 1 saturated heterocycles. The molecule has 0 radical (unpaired) electrons. The molecule has 1 N–H and O–H groups in total. The van der Waals surface area contributed by atoms with Crippen LogP contribution in [0, 0.1) is 11.8 Å². The van der Waals surface area contributed by atoms with Crippen LogP contribution in [0.1, 0.15) is 20.3 Å². The number of rotatable bonds is 6. The number of hydrogen-bond donors (Lipinski definition) is 1. The van der Waals surface area contributed by atoms with E-state index in [1.165, 1.54) is 0 Å². The first-order valence-electron chi connectivity index (χ1n) is 7.29. The third-order valence-electron chi connectivity index (χ3n) is 3.99. The van der Waals surface area contributed by atoms with Crippen molar-refractivity contribution in [2.45, 2.75) is 25.2 Å². The fourth-order valence-corrected chi connectivity index (χ4v) is 4.03. The second-order valence-electron chi connectivity index (χ2n) is 5.67. The van der Waals surface area contributed by atoms with Crippen LogP contribution in [0.5, 0.6) is 5.75 Å². The summed E-state index contributed by atoms with van der Waals surface area (Å²) < 4.78 is 32.1. The van der Waals surface area contributed by atoms with Crippen LogP contribution in [-0.2, 0) is 10.0 Å². The highest BCUT2D eigenvalue weighted by Gasteiger charge is 2.34. The van der Waals surface area contributed by atoms with E-state index in [0.29, 0.717) is 48.6 Å². The lowest BCUT2D eigenvalue weighted by atomic mass is 10.0. The molecule has 2 rings (SSSR count). The summed E-state index contributed by atoms with van der Waals surface area (Å²) >= 11 is 0. The predicted octanol–water partition coefficient (Wildman–Crippen LogP) is 1.72. The van der Waals surface area contributed by atoms with Gasteiger partial charge in [0.25, 0.3) is 0 Å². The minimum Gasteiger partial charge on any atom is -0.494 e. The molecular formula is C15H23NO4S. The third kappa shape index (κ3) is 3.75. The Morgan fingerprint density at radius 2 is 1.76 bits per heavy atom. The Kier molecular flexibility index (Phi) is 5.24. The van der Waals surface area contributed by atoms with Crippen molar-refractivity contribution in [2.75, 3.05) is 26.3 Å². The lowest BCUT2D eigenvalue weighted by Crippen LogP contribution is -2.29. The molecule has 0 amide bonds. The lowest BCUT2D eigenvalue weighted by molar-refractivity contribution is 0.233. The molecule has 0 bridgehead atoms. The summed E-state index contributed by atoms with van der Waals surface area (Å²) in [5.41, 5.74) is 0. The molecule has 1 aromatic rings. The van der Waals surface area contributed by atoms with Crippen LogP contribution in [0.4, 0.5) is 0 Å². The molecule has 5 nitrogen and oxygen atoms in total. The largest absolute Gasteiger partial charge is 0.494 e. The Balaban J connectivity index is 2.07. The van der Waals surface area contributed by atoms with Crippen LogP contribution in [-0.4, -0.2) is 44.1 Å². The third-order valence-corrected chi connectivity index (χ3v) is 5.83. The van der Waals surface area contributed by atoms with E-state index in [2.05, 4.69) is 13.8 Å². The minimum absolute atomic E-state index is 0.0811. The van der Waals surface area contributed by atoms with Crippen LogP contribution in [0.3, 0.4) is 0 Å². The first kappa shape index (κ1) is 16.3. The van der Waals surface area contributed by atoms with Gasteiger partial charge in [-0.15, -0.1) is 0 Å². The summed E-state index contributed by atoms with van der Waals surface area (Å²) in [6.45, 7) is 5.83. The topological polar surface area (TPSA) is 66.8 Å². The van der Waals surface area contributed by atoms with E-state index in [1.807, 2.05) is 0 Å². The number of nitrogens with zero attached hydrogens (tertiary/aromatic N) is 1. The van der Waals surface area contributed by atoms with E-state index in [4.69, 9.17) is 9.84 Å². The van der Waals surface area contributed by atoms with Crippen molar-refractivity contribution in [3.8, 4) is 5.75 Å². The van der Waals surface area contributed by atoms with Gasteiger partial charge in [-0.1, -0.05) is 13.8 Å². The van der Waals surface area contributed by atoms with Gasteiger partial charge in [0.05, 0.1) is 11.5 Å². The van der Waals surface area contributed by atoms with Gasteiger partial charge in [-0.3, -0.25) is 0 Å². The standard InChI is InChI=1S/C15H23NO4S/c1-12-10-16(11-13(12)2)21(18,19)15-6-4-14(5-7-15)20-9-3-8-17/h4-7,12-13,17H,3,8-11H2,1-2H3. The maximum Gasteiger partial charge on any atom is 0.243 e. The van der Waals surface area contributed by atoms with E-state index < -0.39 is 10.0 Å². The predicted molar refractivity (Wildman–Crippen MR) is 80.7 cm³/mol. The van der Waals surface area contributed by atoms with Crippen molar-refractivity contribution < 1.29 is 18.3 Å². The van der Waals surface area contributed by atoms with Gasteiger partial charge in [-0.25, -0.2) is 8.42 Å². The molecular weight excluding hydrogens is 290 g/mol. The van der Waals surface area contributed by atoms with Crippen LogP contribution in [0.2, 0.25) is 0 Å². The van der Waals surface area contributed by atoms with Crippen molar-refractivity contribution >= 4 is 10.0 Å². The first-order valence-corrected chi connectivity index (χ1v) is 8.73. The Morgan fingerprint density at radius 3 is 2.29 bits per heavy atom. The summed E-state index contributed by atoms with van der Waals surface area (Å²) in [6, 6.07) is 6.48. The first-order chi connectivity index (χ1) is 9.95. The lowest BCUT2D eigenvalue weighted by Gasteiger charge is -2.16. The van der Waals surface area contributed by atoms with E-state index in [1.54, 1.807) is 28.6 Å². The molecule has 1 fully saturated rings. The Bertz CT molecular complexity index is 546. The summed E-state index contributed by atoms with van der Waals surface area (Å²) in [7, 11) is -3.41. The van der Waals surface area contributed by atoms with Crippen molar-refractivity contribution in [1.82, 2.24) is 4.31 Å². The average molecular weight is 313 g/mol. The molecule has 0 saturated carbocycles. The Morgan fingerprint density at radius 1 is 1.19 bits per heavy atom. The number of hydrogen-bond acceptors (Lipinski definition) is 4. The summed E-state index contributed by atoms with van der Waals surface area (Å²) in [4.78, 5) is 0.304. The molecule has 1 aromatic carbocycles. The number of benzene rings is 1. The minimum atomic E-state index is -3.41. The van der Waals surface area contributed by atoms with Gasteiger partial charge in [0.2, 0.25) is 10.0 Å². The maximum atomic E-state index is 12.5. The monoisotopic (exact) mass is 313 g/mol. The van der Waals surface area contributed by atoms with Crippen molar-refractivity contribution in [3.05, 3.63) is 24.3 Å². The zero-order valence-corrected chi connectivity index (χ0v) is 13.3. The second kappa shape index (κ2) is 6.77. The van der Waals surface area contributed by atoms with E-state index in [-0.39, 0.29) is 6.61 Å². The quantitative estimate of drug-likeness (QED) is 0.812. The number of aliphatic hydroxyl groups is 1. The molecule has 1 heterocycles. The number of ether oxygens (including phenoxy) is 1. The molecule has 1 aliphatic rings. The Hall–Kier alpha value is -1.11. The van der Waals surface area contributed by atoms with Gasteiger partial charge in [0.1, 0.15) is 5.75 Å². The smallest absolute Gasteiger partial charge is 0.243 e. The number of aliphatic hydroxyl groups excluding tert-OH is 1. The Labute approximate surface area is 126 Å². The van der Waals surface area contributed by atoms with Gasteiger partial charge in [-0.2, -0.15) is 4.31 Å². The van der Waals surface area contributed by atoms with Crippen molar-refractivity contribution in [3.63, 3.8) is 0 Å². The fourth-order valence-electron chi connectivity index (χ4n) is 2.38. The molecule has 2 unspecified atom stereocenters. The molecule has 118 valence electrons. The zero-order chi connectivity index (χ0) is 15.5. The second-order valence-corrected chi connectivity index (χ2v) is 7.61. The molecule has 0 aliphatic carbocycles. The van der Waals surface area contributed by atoms with Gasteiger partial charge in [-0.05, 0) is 36.1 Å². The normalized spacial score (nSPS) is 23.4. The highest BCUT2D eigenvalue weighted by Crippen LogP contribution is 2.28. The molecule has 0 spiro atoms. The van der Waals surface area contributed by atoms with Crippen molar-refractivity contribution in [2.24, 2.45) is 11.8 Å². The fraction of sp³-hybridized carbons (Fsp3) is 0.600. The highest BCUT2D eigenvalue weighted by atomic mass is 32.2.